The minimum absolute atomic E-state index is 0.501. The predicted molar refractivity (Wildman–Crippen MR) is 60.4 cm³/mol. The molecule has 70 valence electrons. The second-order valence-corrected chi connectivity index (χ2v) is 3.51. The van der Waals surface area contributed by atoms with Crippen molar-refractivity contribution >= 4 is 35.0 Å². The summed E-state index contributed by atoms with van der Waals surface area (Å²) in [5.74, 6) is 0.501. The maximum atomic E-state index is 5.91. The molecule has 1 aromatic rings. The Morgan fingerprint density at radius 1 is 1.46 bits per heavy atom. The van der Waals surface area contributed by atoms with Crippen molar-refractivity contribution in [1.82, 2.24) is 0 Å². The lowest BCUT2D eigenvalue weighted by Crippen LogP contribution is -1.91. The van der Waals surface area contributed by atoms with Gasteiger partial charge in [-0.05, 0) is 30.2 Å². The monoisotopic (exact) mass is 215 g/mol. The SMILES string of the molecule is Cc1cc(C=CCCl)cc(Cl)c1N. The van der Waals surface area contributed by atoms with Crippen molar-refractivity contribution in [2.45, 2.75) is 6.92 Å². The van der Waals surface area contributed by atoms with Crippen molar-refractivity contribution in [2.75, 3.05) is 11.6 Å². The summed E-state index contributed by atoms with van der Waals surface area (Å²) in [4.78, 5) is 0. The average Bonchev–Trinajstić information content (AvgIpc) is 2.10. The number of alkyl halides is 1. The van der Waals surface area contributed by atoms with Gasteiger partial charge in [-0.15, -0.1) is 11.6 Å². The van der Waals surface area contributed by atoms with E-state index in [2.05, 4.69) is 0 Å². The van der Waals surface area contributed by atoms with E-state index in [0.717, 1.165) is 11.1 Å². The second kappa shape index (κ2) is 4.54. The van der Waals surface area contributed by atoms with Crippen LogP contribution in [0.1, 0.15) is 11.1 Å². The van der Waals surface area contributed by atoms with Crippen LogP contribution in [0.25, 0.3) is 6.08 Å². The number of halogens is 2. The third kappa shape index (κ3) is 2.64. The van der Waals surface area contributed by atoms with Crippen LogP contribution < -0.4 is 5.73 Å². The zero-order valence-electron chi connectivity index (χ0n) is 7.35. The first-order chi connectivity index (χ1) is 6.15. The highest BCUT2D eigenvalue weighted by Gasteiger charge is 2.00. The molecule has 0 spiro atoms. The van der Waals surface area contributed by atoms with Crippen molar-refractivity contribution in [3.05, 3.63) is 34.4 Å². The molecule has 0 atom stereocenters. The number of hydrogen-bond donors (Lipinski definition) is 1. The summed E-state index contributed by atoms with van der Waals surface area (Å²) in [7, 11) is 0. The van der Waals surface area contributed by atoms with Crippen LogP contribution in [-0.2, 0) is 0 Å². The van der Waals surface area contributed by atoms with Gasteiger partial charge in [-0.25, -0.2) is 0 Å². The molecule has 0 amide bonds. The molecule has 13 heavy (non-hydrogen) atoms. The number of allylic oxidation sites excluding steroid dienone is 1. The second-order valence-electron chi connectivity index (χ2n) is 2.79. The number of anilines is 1. The fraction of sp³-hybridized carbons (Fsp3) is 0.200. The van der Waals surface area contributed by atoms with E-state index in [1.165, 1.54) is 0 Å². The summed E-state index contributed by atoms with van der Waals surface area (Å²) in [5.41, 5.74) is 8.35. The van der Waals surface area contributed by atoms with E-state index in [9.17, 15) is 0 Å². The number of aryl methyl sites for hydroxylation is 1. The van der Waals surface area contributed by atoms with E-state index in [1.54, 1.807) is 0 Å². The average molecular weight is 216 g/mol. The minimum Gasteiger partial charge on any atom is -0.397 e. The molecule has 0 aliphatic heterocycles. The molecule has 0 aliphatic carbocycles. The minimum atomic E-state index is 0.501. The van der Waals surface area contributed by atoms with Gasteiger partial charge in [0.15, 0.2) is 0 Å². The molecule has 0 aromatic heterocycles. The lowest BCUT2D eigenvalue weighted by Gasteiger charge is -2.03. The van der Waals surface area contributed by atoms with Gasteiger partial charge in [0.05, 0.1) is 10.7 Å². The first kappa shape index (κ1) is 10.4. The summed E-state index contributed by atoms with van der Waals surface area (Å²) >= 11 is 11.4. The Morgan fingerprint density at radius 2 is 2.15 bits per heavy atom. The summed E-state index contributed by atoms with van der Waals surface area (Å²) in [6, 6.07) is 3.80. The first-order valence-electron chi connectivity index (χ1n) is 3.93. The first-order valence-corrected chi connectivity index (χ1v) is 4.84. The summed E-state index contributed by atoms with van der Waals surface area (Å²) < 4.78 is 0. The van der Waals surface area contributed by atoms with Crippen LogP contribution in [0.15, 0.2) is 18.2 Å². The van der Waals surface area contributed by atoms with E-state index in [1.807, 2.05) is 31.2 Å². The summed E-state index contributed by atoms with van der Waals surface area (Å²) in [6.45, 7) is 1.93. The molecule has 2 N–H and O–H groups in total. The van der Waals surface area contributed by atoms with Gasteiger partial charge < -0.3 is 5.73 Å². The molecular weight excluding hydrogens is 205 g/mol. The number of nitrogen functional groups attached to an aromatic ring is 1. The lowest BCUT2D eigenvalue weighted by molar-refractivity contribution is 1.46. The van der Waals surface area contributed by atoms with Crippen LogP contribution in [0.4, 0.5) is 5.69 Å². The molecule has 0 bridgehead atoms. The maximum absolute atomic E-state index is 5.91. The number of benzene rings is 1. The van der Waals surface area contributed by atoms with Gasteiger partial charge in [0.2, 0.25) is 0 Å². The zero-order chi connectivity index (χ0) is 9.84. The fourth-order valence-corrected chi connectivity index (χ4v) is 1.42. The van der Waals surface area contributed by atoms with Gasteiger partial charge in [-0.1, -0.05) is 23.8 Å². The molecule has 0 saturated carbocycles. The number of rotatable bonds is 2. The smallest absolute Gasteiger partial charge is 0.0644 e. The quantitative estimate of drug-likeness (QED) is 0.594. The predicted octanol–water partition coefficient (Wildman–Crippen LogP) is 3.48. The standard InChI is InChI=1S/C10H11Cl2N/c1-7-5-8(3-2-4-11)6-9(12)10(7)13/h2-3,5-6H,4,13H2,1H3. The third-order valence-electron chi connectivity index (χ3n) is 1.76. The van der Waals surface area contributed by atoms with Crippen LogP contribution >= 0.6 is 23.2 Å². The highest BCUT2D eigenvalue weighted by atomic mass is 35.5. The van der Waals surface area contributed by atoms with E-state index in [4.69, 9.17) is 28.9 Å². The largest absolute Gasteiger partial charge is 0.397 e. The van der Waals surface area contributed by atoms with E-state index in [0.29, 0.717) is 16.6 Å². The number of hydrogen-bond acceptors (Lipinski definition) is 1. The van der Waals surface area contributed by atoms with E-state index < -0.39 is 0 Å². The zero-order valence-corrected chi connectivity index (χ0v) is 8.86. The third-order valence-corrected chi connectivity index (χ3v) is 2.25. The fourth-order valence-electron chi connectivity index (χ4n) is 1.06. The van der Waals surface area contributed by atoms with Crippen LogP contribution in [0.2, 0.25) is 5.02 Å². The molecule has 0 radical (unpaired) electrons. The Balaban J connectivity index is 3.06. The van der Waals surface area contributed by atoms with Gasteiger partial charge >= 0.3 is 0 Å². The lowest BCUT2D eigenvalue weighted by atomic mass is 10.1. The van der Waals surface area contributed by atoms with Crippen LogP contribution in [0.3, 0.4) is 0 Å². The summed E-state index contributed by atoms with van der Waals surface area (Å²) in [5, 5.41) is 0.592. The Hall–Kier alpha value is -0.660. The van der Waals surface area contributed by atoms with Gasteiger partial charge in [0, 0.05) is 5.88 Å². The van der Waals surface area contributed by atoms with Gasteiger partial charge in [0.1, 0.15) is 0 Å². The number of nitrogens with two attached hydrogens (primary N) is 1. The highest BCUT2D eigenvalue weighted by molar-refractivity contribution is 6.33. The Kier molecular flexibility index (Phi) is 3.64. The van der Waals surface area contributed by atoms with Crippen molar-refractivity contribution < 1.29 is 0 Å². The Morgan fingerprint density at radius 3 is 2.69 bits per heavy atom. The molecule has 0 unspecified atom stereocenters. The Bertz CT molecular complexity index is 309. The van der Waals surface area contributed by atoms with Gasteiger partial charge in [0.25, 0.3) is 0 Å². The topological polar surface area (TPSA) is 26.0 Å². The molecular formula is C10H11Cl2N. The molecule has 3 heteroatoms. The molecule has 1 aromatic carbocycles. The normalized spacial score (nSPS) is 11.0. The maximum Gasteiger partial charge on any atom is 0.0644 e. The van der Waals surface area contributed by atoms with Crippen molar-refractivity contribution in [3.8, 4) is 0 Å². The van der Waals surface area contributed by atoms with Crippen molar-refractivity contribution in [1.29, 1.82) is 0 Å². The molecule has 0 fully saturated rings. The summed E-state index contributed by atoms with van der Waals surface area (Å²) in [6.07, 6.45) is 3.79. The van der Waals surface area contributed by atoms with Gasteiger partial charge in [-0.3, -0.25) is 0 Å². The molecule has 0 saturated heterocycles. The highest BCUT2D eigenvalue weighted by Crippen LogP contribution is 2.24. The molecule has 0 aliphatic rings. The van der Waals surface area contributed by atoms with E-state index >= 15 is 0 Å². The van der Waals surface area contributed by atoms with Crippen LogP contribution in [0.5, 0.6) is 0 Å². The van der Waals surface area contributed by atoms with Crippen molar-refractivity contribution in [3.63, 3.8) is 0 Å². The van der Waals surface area contributed by atoms with Crippen LogP contribution in [-0.4, -0.2) is 5.88 Å². The van der Waals surface area contributed by atoms with Gasteiger partial charge in [-0.2, -0.15) is 0 Å². The molecule has 0 heterocycles. The molecule has 1 nitrogen and oxygen atoms in total. The van der Waals surface area contributed by atoms with Crippen LogP contribution in [0, 0.1) is 6.92 Å². The Labute approximate surface area is 88.1 Å². The van der Waals surface area contributed by atoms with Crippen molar-refractivity contribution in [2.24, 2.45) is 0 Å². The molecule has 1 rings (SSSR count). The van der Waals surface area contributed by atoms with E-state index in [-0.39, 0.29) is 0 Å².